The molecule has 0 heterocycles. The molecule has 0 radical (unpaired) electrons. The quantitative estimate of drug-likeness (QED) is 0.750. The van der Waals surface area contributed by atoms with Crippen LogP contribution in [0.2, 0.25) is 0 Å². The summed E-state index contributed by atoms with van der Waals surface area (Å²) in [5.41, 5.74) is 1.77. The van der Waals surface area contributed by atoms with E-state index in [1.54, 1.807) is 13.2 Å². The summed E-state index contributed by atoms with van der Waals surface area (Å²) in [6.07, 6.45) is 0.759. The maximum atomic E-state index is 12.5. The molecule has 0 spiro atoms. The first kappa shape index (κ1) is 16.1. The van der Waals surface area contributed by atoms with Gasteiger partial charge in [-0.3, -0.25) is 0 Å². The minimum atomic E-state index is -0.481. The lowest BCUT2D eigenvalue weighted by Gasteiger charge is -2.24. The van der Waals surface area contributed by atoms with Crippen LogP contribution < -0.4 is 4.74 Å². The largest absolute Gasteiger partial charge is 0.496 e. The van der Waals surface area contributed by atoms with Gasteiger partial charge in [0, 0.05) is 5.56 Å². The lowest BCUT2D eigenvalue weighted by molar-refractivity contribution is -0.00234. The Morgan fingerprint density at radius 3 is 2.23 bits per heavy atom. The monoisotopic (exact) mass is 298 g/mol. The van der Waals surface area contributed by atoms with Crippen LogP contribution in [0.25, 0.3) is 11.1 Å². The zero-order valence-electron chi connectivity index (χ0n) is 13.6. The van der Waals surface area contributed by atoms with Crippen LogP contribution in [0.15, 0.2) is 48.5 Å². The molecule has 0 aliphatic rings. The van der Waals surface area contributed by atoms with Gasteiger partial charge in [0.25, 0.3) is 0 Å². The third-order valence-electron chi connectivity index (χ3n) is 3.76. The van der Waals surface area contributed by atoms with E-state index in [0.29, 0.717) is 5.56 Å². The number of ether oxygens (including phenoxy) is 2. The number of rotatable bonds is 5. The van der Waals surface area contributed by atoms with Gasteiger partial charge >= 0.3 is 5.97 Å². The molecule has 0 aliphatic heterocycles. The number of methoxy groups -OCH3 is 1. The molecular formula is C19H22O3. The van der Waals surface area contributed by atoms with Crippen molar-refractivity contribution in [2.24, 2.45) is 0 Å². The third kappa shape index (κ3) is 3.48. The average molecular weight is 298 g/mol. The fourth-order valence-electron chi connectivity index (χ4n) is 2.14. The van der Waals surface area contributed by atoms with E-state index in [0.717, 1.165) is 23.3 Å². The van der Waals surface area contributed by atoms with Gasteiger partial charge in [-0.05, 0) is 38.0 Å². The lowest BCUT2D eigenvalue weighted by atomic mass is 9.98. The van der Waals surface area contributed by atoms with Crippen LogP contribution in [0, 0.1) is 0 Å². The van der Waals surface area contributed by atoms with Crippen molar-refractivity contribution in [3.05, 3.63) is 54.1 Å². The highest BCUT2D eigenvalue weighted by Crippen LogP contribution is 2.33. The van der Waals surface area contributed by atoms with Crippen molar-refractivity contribution in [1.29, 1.82) is 0 Å². The number of esters is 1. The topological polar surface area (TPSA) is 35.5 Å². The second kappa shape index (κ2) is 6.65. The Kier molecular flexibility index (Phi) is 4.86. The van der Waals surface area contributed by atoms with Crippen molar-refractivity contribution in [3.8, 4) is 16.9 Å². The highest BCUT2D eigenvalue weighted by Gasteiger charge is 2.23. The molecule has 0 fully saturated rings. The van der Waals surface area contributed by atoms with Gasteiger partial charge in [-0.15, -0.1) is 0 Å². The number of para-hydroxylation sites is 1. The SMILES string of the molecule is CCC(C)(C)OC(=O)c1ccccc1-c1ccccc1OC. The van der Waals surface area contributed by atoms with Crippen molar-refractivity contribution < 1.29 is 14.3 Å². The maximum absolute atomic E-state index is 12.5. The number of carbonyl (C=O) groups excluding carboxylic acids is 1. The maximum Gasteiger partial charge on any atom is 0.339 e. The highest BCUT2D eigenvalue weighted by molar-refractivity contribution is 5.98. The molecule has 0 saturated carbocycles. The molecule has 0 bridgehead atoms. The van der Waals surface area contributed by atoms with Crippen molar-refractivity contribution in [2.45, 2.75) is 32.8 Å². The Hall–Kier alpha value is -2.29. The van der Waals surface area contributed by atoms with E-state index in [9.17, 15) is 4.79 Å². The van der Waals surface area contributed by atoms with Crippen molar-refractivity contribution >= 4 is 5.97 Å². The van der Waals surface area contributed by atoms with Gasteiger partial charge < -0.3 is 9.47 Å². The van der Waals surface area contributed by atoms with E-state index in [4.69, 9.17) is 9.47 Å². The summed E-state index contributed by atoms with van der Waals surface area (Å²) < 4.78 is 11.0. The van der Waals surface area contributed by atoms with Crippen LogP contribution >= 0.6 is 0 Å². The van der Waals surface area contributed by atoms with Gasteiger partial charge in [0.15, 0.2) is 0 Å². The molecule has 0 N–H and O–H groups in total. The van der Waals surface area contributed by atoms with Gasteiger partial charge in [0.2, 0.25) is 0 Å². The Bertz CT molecular complexity index is 659. The predicted molar refractivity (Wildman–Crippen MR) is 88.2 cm³/mol. The molecule has 2 rings (SSSR count). The van der Waals surface area contributed by atoms with Gasteiger partial charge in [-0.1, -0.05) is 43.3 Å². The summed E-state index contributed by atoms with van der Waals surface area (Å²) in [6.45, 7) is 5.83. The van der Waals surface area contributed by atoms with Gasteiger partial charge in [0.1, 0.15) is 11.4 Å². The van der Waals surface area contributed by atoms with E-state index < -0.39 is 5.60 Å². The minimum absolute atomic E-state index is 0.312. The summed E-state index contributed by atoms with van der Waals surface area (Å²) in [7, 11) is 1.62. The van der Waals surface area contributed by atoms with Crippen LogP contribution in [-0.4, -0.2) is 18.7 Å². The number of carbonyl (C=O) groups is 1. The number of hydrogen-bond acceptors (Lipinski definition) is 3. The highest BCUT2D eigenvalue weighted by atomic mass is 16.6. The standard InChI is InChI=1S/C19H22O3/c1-5-19(2,3)22-18(20)16-12-7-6-10-14(16)15-11-8-9-13-17(15)21-4/h6-13H,5H2,1-4H3. The molecule has 0 amide bonds. The Balaban J connectivity index is 2.45. The molecular weight excluding hydrogens is 276 g/mol. The summed E-state index contributed by atoms with van der Waals surface area (Å²) in [6, 6.07) is 15.1. The van der Waals surface area contributed by atoms with Crippen LogP contribution in [0.1, 0.15) is 37.6 Å². The number of benzene rings is 2. The second-order valence-corrected chi connectivity index (χ2v) is 5.75. The average Bonchev–Trinajstić information content (AvgIpc) is 2.54. The Morgan fingerprint density at radius 1 is 1.00 bits per heavy atom. The van der Waals surface area contributed by atoms with E-state index >= 15 is 0 Å². The van der Waals surface area contributed by atoms with Crippen molar-refractivity contribution in [1.82, 2.24) is 0 Å². The van der Waals surface area contributed by atoms with Crippen molar-refractivity contribution in [2.75, 3.05) is 7.11 Å². The Labute approximate surface area is 131 Å². The summed E-state index contributed by atoms with van der Waals surface area (Å²) in [5, 5.41) is 0. The summed E-state index contributed by atoms with van der Waals surface area (Å²) in [4.78, 5) is 12.5. The smallest absolute Gasteiger partial charge is 0.339 e. The van der Waals surface area contributed by atoms with Crippen LogP contribution in [0.4, 0.5) is 0 Å². The molecule has 22 heavy (non-hydrogen) atoms. The second-order valence-electron chi connectivity index (χ2n) is 5.75. The summed E-state index contributed by atoms with van der Waals surface area (Å²) >= 11 is 0. The first-order chi connectivity index (χ1) is 10.5. The van der Waals surface area contributed by atoms with Crippen molar-refractivity contribution in [3.63, 3.8) is 0 Å². The van der Waals surface area contributed by atoms with E-state index in [1.807, 2.05) is 63.2 Å². The molecule has 2 aromatic rings. The predicted octanol–water partition coefficient (Wildman–Crippen LogP) is 4.71. The first-order valence-electron chi connectivity index (χ1n) is 7.44. The fourth-order valence-corrected chi connectivity index (χ4v) is 2.14. The van der Waals surface area contributed by atoms with E-state index in [-0.39, 0.29) is 5.97 Å². The zero-order valence-corrected chi connectivity index (χ0v) is 13.6. The molecule has 116 valence electrons. The molecule has 3 heteroatoms. The fraction of sp³-hybridized carbons (Fsp3) is 0.316. The molecule has 0 saturated heterocycles. The summed E-state index contributed by atoms with van der Waals surface area (Å²) in [5.74, 6) is 0.422. The van der Waals surface area contributed by atoms with Crippen LogP contribution in [0.3, 0.4) is 0 Å². The first-order valence-corrected chi connectivity index (χ1v) is 7.44. The molecule has 0 atom stereocenters. The normalized spacial score (nSPS) is 11.1. The Morgan fingerprint density at radius 2 is 1.59 bits per heavy atom. The van der Waals surface area contributed by atoms with E-state index in [2.05, 4.69) is 0 Å². The molecule has 0 aliphatic carbocycles. The van der Waals surface area contributed by atoms with Crippen LogP contribution in [-0.2, 0) is 4.74 Å². The molecule has 0 unspecified atom stereocenters. The zero-order chi connectivity index (χ0) is 16.2. The van der Waals surface area contributed by atoms with Crippen LogP contribution in [0.5, 0.6) is 5.75 Å². The third-order valence-corrected chi connectivity index (χ3v) is 3.76. The lowest BCUT2D eigenvalue weighted by Crippen LogP contribution is -2.27. The minimum Gasteiger partial charge on any atom is -0.496 e. The molecule has 2 aromatic carbocycles. The van der Waals surface area contributed by atoms with Gasteiger partial charge in [0.05, 0.1) is 12.7 Å². The van der Waals surface area contributed by atoms with Gasteiger partial charge in [-0.2, -0.15) is 0 Å². The number of hydrogen-bond donors (Lipinski definition) is 0. The molecule has 3 nitrogen and oxygen atoms in total. The van der Waals surface area contributed by atoms with Gasteiger partial charge in [-0.25, -0.2) is 4.79 Å². The van der Waals surface area contributed by atoms with E-state index in [1.165, 1.54) is 0 Å². The molecule has 0 aromatic heterocycles.